The highest BCUT2D eigenvalue weighted by molar-refractivity contribution is 9.10. The average molecular weight is 326 g/mol. The number of halogens is 2. The van der Waals surface area contributed by atoms with Crippen LogP contribution in [0.3, 0.4) is 0 Å². The van der Waals surface area contributed by atoms with Crippen LogP contribution in [-0.2, 0) is 6.42 Å². The Hall–Kier alpha value is -0.910. The molecule has 0 aliphatic carbocycles. The SMILES string of the molecule is CN1CCNCC1Cc1c(Br)[nH]c2ccc(F)cc12. The fourth-order valence-corrected chi connectivity index (χ4v) is 3.30. The number of benzene rings is 1. The van der Waals surface area contributed by atoms with Crippen LogP contribution in [0.5, 0.6) is 0 Å². The van der Waals surface area contributed by atoms with Crippen LogP contribution >= 0.6 is 15.9 Å². The van der Waals surface area contributed by atoms with Gasteiger partial charge in [-0.2, -0.15) is 0 Å². The van der Waals surface area contributed by atoms with Crippen LogP contribution in [-0.4, -0.2) is 42.6 Å². The van der Waals surface area contributed by atoms with Gasteiger partial charge < -0.3 is 15.2 Å². The molecule has 1 aromatic carbocycles. The summed E-state index contributed by atoms with van der Waals surface area (Å²) in [6, 6.07) is 5.35. The lowest BCUT2D eigenvalue weighted by Gasteiger charge is -2.33. The van der Waals surface area contributed by atoms with Gasteiger partial charge in [0.15, 0.2) is 0 Å². The summed E-state index contributed by atoms with van der Waals surface area (Å²) in [5, 5.41) is 4.39. The lowest BCUT2D eigenvalue weighted by Crippen LogP contribution is -2.50. The van der Waals surface area contributed by atoms with E-state index in [0.717, 1.165) is 47.1 Å². The van der Waals surface area contributed by atoms with Crippen LogP contribution in [0.2, 0.25) is 0 Å². The number of hydrogen-bond acceptors (Lipinski definition) is 2. The highest BCUT2D eigenvalue weighted by atomic mass is 79.9. The van der Waals surface area contributed by atoms with E-state index in [1.165, 1.54) is 6.07 Å². The van der Waals surface area contributed by atoms with E-state index in [1.54, 1.807) is 12.1 Å². The van der Waals surface area contributed by atoms with Gasteiger partial charge in [-0.3, -0.25) is 0 Å². The van der Waals surface area contributed by atoms with Crippen molar-refractivity contribution in [1.82, 2.24) is 15.2 Å². The second-order valence-electron chi connectivity index (χ2n) is 5.15. The zero-order valence-corrected chi connectivity index (χ0v) is 12.4. The second kappa shape index (κ2) is 5.23. The summed E-state index contributed by atoms with van der Waals surface area (Å²) in [5.74, 6) is -0.185. The van der Waals surface area contributed by atoms with Crippen LogP contribution in [0.1, 0.15) is 5.56 Å². The minimum atomic E-state index is -0.185. The van der Waals surface area contributed by atoms with Crippen LogP contribution in [0.25, 0.3) is 10.9 Å². The molecule has 3 nitrogen and oxygen atoms in total. The van der Waals surface area contributed by atoms with E-state index in [-0.39, 0.29) is 5.82 Å². The number of rotatable bonds is 2. The summed E-state index contributed by atoms with van der Waals surface area (Å²) in [7, 11) is 2.15. The van der Waals surface area contributed by atoms with Gasteiger partial charge in [0, 0.05) is 36.6 Å². The van der Waals surface area contributed by atoms with E-state index >= 15 is 0 Å². The summed E-state index contributed by atoms with van der Waals surface area (Å²) in [6.07, 6.45) is 0.910. The molecule has 1 unspecified atom stereocenters. The number of piperazine rings is 1. The molecule has 1 aromatic heterocycles. The molecule has 0 radical (unpaired) electrons. The predicted molar refractivity (Wildman–Crippen MR) is 78.9 cm³/mol. The van der Waals surface area contributed by atoms with Gasteiger partial charge in [-0.05, 0) is 53.2 Å². The Morgan fingerprint density at radius 2 is 2.32 bits per heavy atom. The lowest BCUT2D eigenvalue weighted by atomic mass is 10.0. The van der Waals surface area contributed by atoms with Crippen molar-refractivity contribution in [3.05, 3.63) is 34.2 Å². The van der Waals surface area contributed by atoms with Gasteiger partial charge in [-0.1, -0.05) is 0 Å². The van der Waals surface area contributed by atoms with Crippen molar-refractivity contribution in [2.45, 2.75) is 12.5 Å². The number of fused-ring (bicyclic) bond motifs is 1. The highest BCUT2D eigenvalue weighted by Gasteiger charge is 2.21. The number of hydrogen-bond donors (Lipinski definition) is 2. The topological polar surface area (TPSA) is 31.1 Å². The predicted octanol–water partition coefficient (Wildman–Crippen LogP) is 2.52. The quantitative estimate of drug-likeness (QED) is 0.889. The third kappa shape index (κ3) is 2.55. The van der Waals surface area contributed by atoms with Gasteiger partial charge in [0.05, 0.1) is 4.60 Å². The molecule has 1 aliphatic rings. The molecule has 1 atom stereocenters. The van der Waals surface area contributed by atoms with Crippen LogP contribution in [0.4, 0.5) is 4.39 Å². The van der Waals surface area contributed by atoms with Crippen molar-refractivity contribution in [1.29, 1.82) is 0 Å². The maximum absolute atomic E-state index is 13.4. The molecule has 19 heavy (non-hydrogen) atoms. The molecule has 5 heteroatoms. The Bertz CT molecular complexity index is 596. The van der Waals surface area contributed by atoms with Crippen molar-refractivity contribution in [3.8, 4) is 0 Å². The van der Waals surface area contributed by atoms with E-state index in [4.69, 9.17) is 0 Å². The molecule has 1 saturated heterocycles. The molecule has 0 amide bonds. The lowest BCUT2D eigenvalue weighted by molar-refractivity contribution is 0.199. The minimum absolute atomic E-state index is 0.185. The van der Waals surface area contributed by atoms with Gasteiger partial charge in [0.25, 0.3) is 0 Å². The minimum Gasteiger partial charge on any atom is -0.349 e. The van der Waals surface area contributed by atoms with Crippen molar-refractivity contribution in [2.75, 3.05) is 26.7 Å². The molecule has 102 valence electrons. The van der Waals surface area contributed by atoms with Crippen molar-refractivity contribution >= 4 is 26.8 Å². The van der Waals surface area contributed by atoms with Gasteiger partial charge >= 0.3 is 0 Å². The molecular formula is C14H17BrFN3. The first-order chi connectivity index (χ1) is 9.15. The number of aromatic amines is 1. The van der Waals surface area contributed by atoms with E-state index < -0.39 is 0 Å². The molecule has 2 N–H and O–H groups in total. The first-order valence-corrected chi connectivity index (χ1v) is 7.31. The molecule has 0 spiro atoms. The molecule has 2 aromatic rings. The van der Waals surface area contributed by atoms with Crippen LogP contribution in [0.15, 0.2) is 22.8 Å². The maximum atomic E-state index is 13.4. The summed E-state index contributed by atoms with van der Waals surface area (Å²) >= 11 is 3.56. The Balaban J connectivity index is 1.95. The largest absolute Gasteiger partial charge is 0.349 e. The zero-order valence-electron chi connectivity index (χ0n) is 10.8. The fraction of sp³-hybridized carbons (Fsp3) is 0.429. The number of nitrogens with zero attached hydrogens (tertiary/aromatic N) is 1. The molecule has 0 bridgehead atoms. The first kappa shape index (κ1) is 13.1. The van der Waals surface area contributed by atoms with Crippen LogP contribution < -0.4 is 5.32 Å². The first-order valence-electron chi connectivity index (χ1n) is 6.51. The molecule has 1 fully saturated rings. The fourth-order valence-electron chi connectivity index (χ4n) is 2.71. The normalized spacial score (nSPS) is 21.1. The monoisotopic (exact) mass is 325 g/mol. The smallest absolute Gasteiger partial charge is 0.123 e. The number of aromatic nitrogens is 1. The third-order valence-corrected chi connectivity index (χ3v) is 4.58. The Kier molecular flexibility index (Phi) is 3.60. The van der Waals surface area contributed by atoms with Gasteiger partial charge in [-0.15, -0.1) is 0 Å². The highest BCUT2D eigenvalue weighted by Crippen LogP contribution is 2.29. The van der Waals surface area contributed by atoms with Crippen molar-refractivity contribution < 1.29 is 4.39 Å². The van der Waals surface area contributed by atoms with E-state index in [2.05, 4.69) is 38.2 Å². The van der Waals surface area contributed by atoms with Crippen molar-refractivity contribution in [2.24, 2.45) is 0 Å². The Morgan fingerprint density at radius 3 is 3.11 bits per heavy atom. The maximum Gasteiger partial charge on any atom is 0.123 e. The summed E-state index contributed by atoms with van der Waals surface area (Å²) in [6.45, 7) is 3.07. The summed E-state index contributed by atoms with van der Waals surface area (Å²) in [4.78, 5) is 5.63. The molecule has 3 rings (SSSR count). The van der Waals surface area contributed by atoms with Gasteiger partial charge in [0.2, 0.25) is 0 Å². The zero-order chi connectivity index (χ0) is 13.4. The molecule has 0 saturated carbocycles. The standard InChI is InChI=1S/C14H17BrFN3/c1-19-5-4-17-8-10(19)7-12-11-6-9(16)2-3-13(11)18-14(12)15/h2-3,6,10,17-18H,4-5,7-8H2,1H3. The van der Waals surface area contributed by atoms with E-state index in [9.17, 15) is 4.39 Å². The number of nitrogens with one attached hydrogen (secondary N) is 2. The molecule has 2 heterocycles. The molecule has 1 aliphatic heterocycles. The van der Waals surface area contributed by atoms with Crippen molar-refractivity contribution in [3.63, 3.8) is 0 Å². The van der Waals surface area contributed by atoms with Gasteiger partial charge in [-0.25, -0.2) is 4.39 Å². The summed E-state index contributed by atoms with van der Waals surface area (Å²) < 4.78 is 14.4. The third-order valence-electron chi connectivity index (χ3n) is 3.90. The Morgan fingerprint density at radius 1 is 1.47 bits per heavy atom. The number of likely N-dealkylation sites (N-methyl/N-ethyl adjacent to an activating group) is 1. The van der Waals surface area contributed by atoms with E-state index in [1.807, 2.05) is 0 Å². The second-order valence-corrected chi connectivity index (χ2v) is 5.94. The molecular weight excluding hydrogens is 309 g/mol. The van der Waals surface area contributed by atoms with E-state index in [0.29, 0.717) is 6.04 Å². The Labute approximate surface area is 120 Å². The van der Waals surface area contributed by atoms with Crippen LogP contribution in [0, 0.1) is 5.82 Å². The van der Waals surface area contributed by atoms with Gasteiger partial charge in [0.1, 0.15) is 5.82 Å². The average Bonchev–Trinajstić information content (AvgIpc) is 2.69. The summed E-state index contributed by atoms with van der Waals surface area (Å²) in [5.41, 5.74) is 2.14. The number of H-pyrrole nitrogens is 1.